The zero-order valence-corrected chi connectivity index (χ0v) is 19.2. The number of hydrogen-bond donors (Lipinski definition) is 3. The molecule has 2 fully saturated rings. The van der Waals surface area contributed by atoms with Crippen LogP contribution in [0.15, 0.2) is 18.5 Å². The van der Waals surface area contributed by atoms with Crippen LogP contribution in [0.3, 0.4) is 0 Å². The fraction of sp³-hybridized carbons (Fsp3) is 0.524. The fourth-order valence-electron chi connectivity index (χ4n) is 3.86. The first kappa shape index (κ1) is 24.2. The van der Waals surface area contributed by atoms with Crippen molar-refractivity contribution in [3.63, 3.8) is 0 Å². The Hall–Kier alpha value is -3.46. The largest absolute Gasteiger partial charge is 0.441 e. The second-order valence-electron chi connectivity index (χ2n) is 9.01. The predicted molar refractivity (Wildman–Crippen MR) is 115 cm³/mol. The number of nitrogens with one attached hydrogen (secondary N) is 3. The smallest absolute Gasteiger partial charge is 0.421 e. The summed E-state index contributed by atoms with van der Waals surface area (Å²) in [6.45, 7) is 1.73. The van der Waals surface area contributed by atoms with Crippen LogP contribution in [0, 0.1) is 0 Å². The molecule has 3 atom stereocenters. The molecule has 3 aromatic rings. The van der Waals surface area contributed by atoms with Crippen LogP contribution in [0.4, 0.5) is 34.1 Å². The van der Waals surface area contributed by atoms with Crippen LogP contribution in [0.1, 0.15) is 42.8 Å². The summed E-state index contributed by atoms with van der Waals surface area (Å²) in [7, 11) is 1.40. The second-order valence-corrected chi connectivity index (χ2v) is 9.01. The van der Waals surface area contributed by atoms with Gasteiger partial charge in [-0.25, -0.2) is 19.2 Å². The van der Waals surface area contributed by atoms with Crippen LogP contribution in [0.2, 0.25) is 0 Å². The second kappa shape index (κ2) is 8.89. The molecule has 15 heteroatoms. The van der Waals surface area contributed by atoms with Crippen molar-refractivity contribution in [1.29, 1.82) is 0 Å². The maximum absolute atomic E-state index is 15.0. The predicted octanol–water partition coefficient (Wildman–Crippen LogP) is 3.42. The Morgan fingerprint density at radius 2 is 2.17 bits per heavy atom. The third-order valence-electron chi connectivity index (χ3n) is 6.03. The number of aromatic nitrogens is 5. The molecule has 3 N–H and O–H groups in total. The number of alkyl halides is 4. The monoisotopic (exact) mass is 513 g/mol. The molecule has 1 aliphatic carbocycles. The van der Waals surface area contributed by atoms with Crippen LogP contribution in [-0.2, 0) is 27.0 Å². The van der Waals surface area contributed by atoms with E-state index >= 15 is 0 Å². The lowest BCUT2D eigenvalue weighted by molar-refractivity contribution is -0.136. The number of anilines is 2. The number of fused-ring (bicyclic) bond motifs is 1. The van der Waals surface area contributed by atoms with Crippen molar-refractivity contribution in [2.24, 2.45) is 0 Å². The summed E-state index contributed by atoms with van der Waals surface area (Å²) in [6, 6.07) is 1.43. The average Bonchev–Trinajstić information content (AvgIpc) is 3.14. The lowest BCUT2D eigenvalue weighted by atomic mass is 10.1. The molecule has 2 aliphatic rings. The molecule has 3 aromatic heterocycles. The molecule has 1 saturated carbocycles. The van der Waals surface area contributed by atoms with Gasteiger partial charge in [-0.3, -0.25) is 9.50 Å². The molecule has 4 heterocycles. The van der Waals surface area contributed by atoms with Gasteiger partial charge in [0.15, 0.2) is 23.7 Å². The lowest BCUT2D eigenvalue weighted by Gasteiger charge is -2.17. The number of methoxy groups -OCH3 is 1. The SMILES string of the molecule is COCc1cn2c(Nc3cc([C@H]4OC[C@@H](OC(=O)NC5(C)CC5)[C@@H]4F)[nH]n3)ncc(C(F)(F)F)c2n1. The van der Waals surface area contributed by atoms with Crippen LogP contribution in [0.5, 0.6) is 0 Å². The highest BCUT2D eigenvalue weighted by Crippen LogP contribution is 2.37. The molecule has 0 spiro atoms. The molecule has 0 bridgehead atoms. The normalized spacial score (nSPS) is 23.1. The third-order valence-corrected chi connectivity index (χ3v) is 6.03. The van der Waals surface area contributed by atoms with Gasteiger partial charge in [-0.1, -0.05) is 0 Å². The molecule has 194 valence electrons. The number of alkyl carbamates (subject to hydrolysis) is 1. The molecule has 1 aliphatic heterocycles. The Labute approximate surface area is 201 Å². The zero-order valence-electron chi connectivity index (χ0n) is 19.2. The van der Waals surface area contributed by atoms with E-state index in [1.165, 1.54) is 19.4 Å². The number of halogens is 4. The van der Waals surface area contributed by atoms with Gasteiger partial charge in [-0.15, -0.1) is 0 Å². The van der Waals surface area contributed by atoms with Gasteiger partial charge in [0.1, 0.15) is 11.7 Å². The molecular weight excluding hydrogens is 490 g/mol. The lowest BCUT2D eigenvalue weighted by Crippen LogP contribution is -2.39. The van der Waals surface area contributed by atoms with E-state index in [0.29, 0.717) is 6.20 Å². The number of rotatable bonds is 7. The molecule has 1 saturated heterocycles. The Kier molecular flexibility index (Phi) is 5.98. The quantitative estimate of drug-likeness (QED) is 0.410. The highest BCUT2D eigenvalue weighted by atomic mass is 19.4. The number of H-pyrrole nitrogens is 1. The Bertz CT molecular complexity index is 1270. The first-order valence-corrected chi connectivity index (χ1v) is 11.1. The molecule has 0 radical (unpaired) electrons. The van der Waals surface area contributed by atoms with Crippen molar-refractivity contribution in [1.82, 2.24) is 29.9 Å². The summed E-state index contributed by atoms with van der Waals surface area (Å²) >= 11 is 0. The number of aromatic amines is 1. The van der Waals surface area contributed by atoms with Crippen molar-refractivity contribution >= 4 is 23.5 Å². The molecule has 11 nitrogen and oxygen atoms in total. The van der Waals surface area contributed by atoms with E-state index < -0.39 is 36.2 Å². The average molecular weight is 513 g/mol. The summed E-state index contributed by atoms with van der Waals surface area (Å²) in [4.78, 5) is 19.9. The highest BCUT2D eigenvalue weighted by Gasteiger charge is 2.44. The number of ether oxygens (including phenoxy) is 3. The minimum absolute atomic E-state index is 0.00138. The Balaban J connectivity index is 1.31. The van der Waals surface area contributed by atoms with Gasteiger partial charge in [-0.05, 0) is 19.8 Å². The van der Waals surface area contributed by atoms with Crippen LogP contribution in [-0.4, -0.2) is 62.2 Å². The van der Waals surface area contributed by atoms with Crippen LogP contribution < -0.4 is 10.6 Å². The van der Waals surface area contributed by atoms with Crippen LogP contribution in [0.25, 0.3) is 5.65 Å². The van der Waals surface area contributed by atoms with Gasteiger partial charge in [-0.2, -0.15) is 18.3 Å². The summed E-state index contributed by atoms with van der Waals surface area (Å²) in [6.07, 6.45) is -5.50. The Morgan fingerprint density at radius 3 is 2.86 bits per heavy atom. The molecule has 0 aromatic carbocycles. The van der Waals surface area contributed by atoms with Crippen molar-refractivity contribution < 1.29 is 36.6 Å². The molecule has 1 amide bonds. The standard InChI is InChI=1S/C21H23F4N7O4/c1-20(3-4-20)29-19(33)36-13-9-35-16(15(13)22)12-5-14(31-30-12)28-18-26-6-11(21(23,24)25)17-27-10(8-34-2)7-32(17)18/h5-7,13,15-16H,3-4,8-9H2,1-2H3,(H,29,33)(H2,26,28,30,31)/t13-,15+,16-/m1/s1. The zero-order chi connectivity index (χ0) is 25.7. The van der Waals surface area contributed by atoms with Gasteiger partial charge in [0.05, 0.1) is 24.6 Å². The van der Waals surface area contributed by atoms with Crippen molar-refractivity contribution in [3.8, 4) is 0 Å². The van der Waals surface area contributed by atoms with Crippen molar-refractivity contribution in [2.75, 3.05) is 19.0 Å². The van der Waals surface area contributed by atoms with E-state index in [9.17, 15) is 22.4 Å². The van der Waals surface area contributed by atoms with E-state index in [1.807, 2.05) is 6.92 Å². The molecular formula is C21H23F4N7O4. The maximum atomic E-state index is 15.0. The van der Waals surface area contributed by atoms with Gasteiger partial charge in [0, 0.05) is 31.1 Å². The van der Waals surface area contributed by atoms with E-state index in [1.54, 1.807) is 0 Å². The van der Waals surface area contributed by atoms with Crippen molar-refractivity contribution in [2.45, 2.75) is 56.5 Å². The van der Waals surface area contributed by atoms with E-state index in [-0.39, 0.29) is 47.6 Å². The third kappa shape index (κ3) is 4.80. The number of hydrogen-bond acceptors (Lipinski definition) is 8. The van der Waals surface area contributed by atoms with Gasteiger partial charge < -0.3 is 24.8 Å². The summed E-state index contributed by atoms with van der Waals surface area (Å²) in [5.74, 6) is 0.154. The highest BCUT2D eigenvalue weighted by molar-refractivity contribution is 5.69. The summed E-state index contributed by atoms with van der Waals surface area (Å²) < 4.78 is 72.0. The Morgan fingerprint density at radius 1 is 1.39 bits per heavy atom. The molecule has 0 unspecified atom stereocenters. The first-order chi connectivity index (χ1) is 17.1. The number of amides is 1. The fourth-order valence-corrected chi connectivity index (χ4v) is 3.86. The minimum atomic E-state index is -4.66. The topological polar surface area (TPSA) is 128 Å². The van der Waals surface area contributed by atoms with Gasteiger partial charge in [0.25, 0.3) is 0 Å². The van der Waals surface area contributed by atoms with E-state index in [4.69, 9.17) is 14.2 Å². The van der Waals surface area contributed by atoms with Gasteiger partial charge >= 0.3 is 12.3 Å². The summed E-state index contributed by atoms with van der Waals surface area (Å²) in [5, 5.41) is 12.2. The first-order valence-electron chi connectivity index (χ1n) is 11.1. The number of carbonyl (C=O) groups excluding carboxylic acids is 1. The number of nitrogens with zero attached hydrogens (tertiary/aromatic N) is 4. The maximum Gasteiger partial charge on any atom is 0.421 e. The minimum Gasteiger partial charge on any atom is -0.441 e. The molecule has 36 heavy (non-hydrogen) atoms. The van der Waals surface area contributed by atoms with E-state index in [2.05, 4.69) is 30.8 Å². The van der Waals surface area contributed by atoms with Gasteiger partial charge in [0.2, 0.25) is 5.95 Å². The van der Waals surface area contributed by atoms with E-state index in [0.717, 1.165) is 17.2 Å². The summed E-state index contributed by atoms with van der Waals surface area (Å²) in [5.41, 5.74) is -1.15. The molecule has 5 rings (SSSR count). The van der Waals surface area contributed by atoms with Crippen molar-refractivity contribution in [3.05, 3.63) is 35.4 Å². The number of imidazole rings is 1. The van der Waals surface area contributed by atoms with Crippen LogP contribution >= 0.6 is 0 Å². The number of carbonyl (C=O) groups is 1.